The van der Waals surface area contributed by atoms with E-state index in [0.29, 0.717) is 11.5 Å². The highest BCUT2D eigenvalue weighted by Gasteiger charge is 2.17. The molecular formula is C16H13N3O. The van der Waals surface area contributed by atoms with Gasteiger partial charge in [-0.2, -0.15) is 0 Å². The van der Waals surface area contributed by atoms with Crippen LogP contribution in [-0.2, 0) is 4.79 Å². The molecule has 1 aliphatic rings. The molecule has 0 aromatic heterocycles. The Balaban J connectivity index is 1.98. The quantitative estimate of drug-likeness (QED) is 0.815. The van der Waals surface area contributed by atoms with Crippen molar-refractivity contribution in [2.24, 2.45) is 4.99 Å². The number of amidine groups is 1. The van der Waals surface area contributed by atoms with Gasteiger partial charge in [-0.15, -0.1) is 0 Å². The van der Waals surface area contributed by atoms with Crippen molar-refractivity contribution in [3.8, 4) is 0 Å². The highest BCUT2D eigenvalue weighted by atomic mass is 16.2. The van der Waals surface area contributed by atoms with Crippen LogP contribution in [0.25, 0.3) is 6.08 Å². The van der Waals surface area contributed by atoms with Crippen LogP contribution in [0.4, 0.5) is 0 Å². The molecule has 0 radical (unpaired) electrons. The second kappa shape index (κ2) is 5.40. The predicted octanol–water partition coefficient (Wildman–Crippen LogP) is 2.11. The Labute approximate surface area is 116 Å². The summed E-state index contributed by atoms with van der Waals surface area (Å²) >= 11 is 0. The van der Waals surface area contributed by atoms with Gasteiger partial charge in [0.1, 0.15) is 5.70 Å². The Hall–Kier alpha value is -2.88. The van der Waals surface area contributed by atoms with Crippen molar-refractivity contribution >= 4 is 17.8 Å². The minimum atomic E-state index is -0.242. The SMILES string of the molecule is O=C1NNC(c2ccccc2)=NC1=Cc1ccccc1. The first kappa shape index (κ1) is 12.2. The van der Waals surface area contributed by atoms with Crippen molar-refractivity contribution in [2.45, 2.75) is 0 Å². The maximum atomic E-state index is 11.8. The van der Waals surface area contributed by atoms with Crippen LogP contribution in [0.15, 0.2) is 71.4 Å². The van der Waals surface area contributed by atoms with Gasteiger partial charge in [0.2, 0.25) is 0 Å². The van der Waals surface area contributed by atoms with E-state index in [1.54, 1.807) is 6.08 Å². The molecule has 4 heteroatoms. The third-order valence-corrected chi connectivity index (χ3v) is 2.91. The molecule has 2 aromatic carbocycles. The van der Waals surface area contributed by atoms with Gasteiger partial charge in [-0.1, -0.05) is 60.7 Å². The van der Waals surface area contributed by atoms with Crippen LogP contribution in [0.5, 0.6) is 0 Å². The number of benzene rings is 2. The Kier molecular flexibility index (Phi) is 3.29. The van der Waals surface area contributed by atoms with E-state index >= 15 is 0 Å². The van der Waals surface area contributed by atoms with Crippen LogP contribution >= 0.6 is 0 Å². The Morgan fingerprint density at radius 2 is 1.50 bits per heavy atom. The van der Waals surface area contributed by atoms with Crippen molar-refractivity contribution < 1.29 is 4.79 Å². The molecule has 0 saturated heterocycles. The predicted molar refractivity (Wildman–Crippen MR) is 78.7 cm³/mol. The number of amides is 1. The first-order valence-corrected chi connectivity index (χ1v) is 6.30. The number of carbonyl (C=O) groups is 1. The van der Waals surface area contributed by atoms with Crippen LogP contribution in [-0.4, -0.2) is 11.7 Å². The summed E-state index contributed by atoms with van der Waals surface area (Å²) in [6.45, 7) is 0. The summed E-state index contributed by atoms with van der Waals surface area (Å²) < 4.78 is 0. The Morgan fingerprint density at radius 3 is 2.20 bits per heavy atom. The number of nitrogens with one attached hydrogen (secondary N) is 2. The van der Waals surface area contributed by atoms with Crippen LogP contribution in [0.1, 0.15) is 11.1 Å². The van der Waals surface area contributed by atoms with E-state index in [1.165, 1.54) is 0 Å². The van der Waals surface area contributed by atoms with E-state index in [-0.39, 0.29) is 5.91 Å². The van der Waals surface area contributed by atoms with Gasteiger partial charge >= 0.3 is 0 Å². The number of aliphatic imine (C=N–C) groups is 1. The van der Waals surface area contributed by atoms with Gasteiger partial charge in [0.25, 0.3) is 5.91 Å². The van der Waals surface area contributed by atoms with Crippen LogP contribution in [0.3, 0.4) is 0 Å². The lowest BCUT2D eigenvalue weighted by Gasteiger charge is -2.17. The first-order valence-electron chi connectivity index (χ1n) is 6.30. The topological polar surface area (TPSA) is 53.5 Å². The molecule has 0 aliphatic carbocycles. The second-order valence-electron chi connectivity index (χ2n) is 4.35. The van der Waals surface area contributed by atoms with Gasteiger partial charge in [0, 0.05) is 5.56 Å². The van der Waals surface area contributed by atoms with Crippen molar-refractivity contribution in [1.82, 2.24) is 10.9 Å². The largest absolute Gasteiger partial charge is 0.288 e. The van der Waals surface area contributed by atoms with E-state index in [0.717, 1.165) is 11.1 Å². The molecule has 1 heterocycles. The minimum Gasteiger partial charge on any atom is -0.281 e. The fourth-order valence-electron chi connectivity index (χ4n) is 1.92. The summed E-state index contributed by atoms with van der Waals surface area (Å²) in [5.41, 5.74) is 7.67. The summed E-state index contributed by atoms with van der Waals surface area (Å²) in [5.74, 6) is 0.390. The molecular weight excluding hydrogens is 250 g/mol. The van der Waals surface area contributed by atoms with Gasteiger partial charge < -0.3 is 0 Å². The number of rotatable bonds is 2. The standard InChI is InChI=1S/C16H13N3O/c20-16-14(11-12-7-3-1-4-8-12)17-15(18-19-16)13-9-5-2-6-10-13/h1-11H,(H,17,18)(H,19,20). The molecule has 98 valence electrons. The lowest BCUT2D eigenvalue weighted by molar-refractivity contribution is -0.118. The molecule has 3 rings (SSSR count). The fourth-order valence-corrected chi connectivity index (χ4v) is 1.92. The number of nitrogens with zero attached hydrogens (tertiary/aromatic N) is 1. The first-order chi connectivity index (χ1) is 9.83. The molecule has 20 heavy (non-hydrogen) atoms. The summed E-state index contributed by atoms with van der Waals surface area (Å²) in [7, 11) is 0. The Bertz CT molecular complexity index is 675. The van der Waals surface area contributed by atoms with Gasteiger partial charge in [-0.3, -0.25) is 15.6 Å². The zero-order valence-corrected chi connectivity index (χ0v) is 10.7. The molecule has 1 aliphatic heterocycles. The monoisotopic (exact) mass is 263 g/mol. The summed E-state index contributed by atoms with van der Waals surface area (Å²) in [6.07, 6.45) is 1.76. The van der Waals surface area contributed by atoms with E-state index in [2.05, 4.69) is 15.8 Å². The van der Waals surface area contributed by atoms with Gasteiger partial charge in [0.05, 0.1) is 0 Å². The molecule has 4 nitrogen and oxygen atoms in total. The zero-order chi connectivity index (χ0) is 13.8. The number of hydrogen-bond donors (Lipinski definition) is 2. The smallest absolute Gasteiger partial charge is 0.281 e. The molecule has 0 bridgehead atoms. The van der Waals surface area contributed by atoms with Crippen LogP contribution < -0.4 is 10.9 Å². The molecule has 2 aromatic rings. The fraction of sp³-hybridized carbons (Fsp3) is 0. The lowest BCUT2D eigenvalue weighted by Crippen LogP contribution is -2.46. The van der Waals surface area contributed by atoms with Crippen molar-refractivity contribution in [1.29, 1.82) is 0 Å². The summed E-state index contributed by atoms with van der Waals surface area (Å²) in [5, 5.41) is 0. The van der Waals surface area contributed by atoms with E-state index in [1.807, 2.05) is 60.7 Å². The molecule has 2 N–H and O–H groups in total. The molecule has 0 unspecified atom stereocenters. The molecule has 0 spiro atoms. The highest BCUT2D eigenvalue weighted by Crippen LogP contribution is 2.12. The van der Waals surface area contributed by atoms with E-state index < -0.39 is 0 Å². The average Bonchev–Trinajstić information content (AvgIpc) is 2.51. The van der Waals surface area contributed by atoms with Gasteiger partial charge in [0.15, 0.2) is 5.84 Å². The summed E-state index contributed by atoms with van der Waals surface area (Å²) in [4.78, 5) is 16.2. The lowest BCUT2D eigenvalue weighted by atomic mass is 10.1. The van der Waals surface area contributed by atoms with Crippen molar-refractivity contribution in [2.75, 3.05) is 0 Å². The van der Waals surface area contributed by atoms with Gasteiger partial charge in [-0.05, 0) is 11.6 Å². The third kappa shape index (κ3) is 2.59. The molecule has 0 atom stereocenters. The van der Waals surface area contributed by atoms with E-state index in [9.17, 15) is 4.79 Å². The minimum absolute atomic E-state index is 0.242. The highest BCUT2D eigenvalue weighted by molar-refractivity contribution is 6.09. The molecule has 0 saturated carbocycles. The Morgan fingerprint density at radius 1 is 0.850 bits per heavy atom. The summed E-state index contributed by atoms with van der Waals surface area (Å²) in [6, 6.07) is 19.3. The molecule has 1 amide bonds. The van der Waals surface area contributed by atoms with E-state index in [4.69, 9.17) is 0 Å². The maximum absolute atomic E-state index is 11.8. The van der Waals surface area contributed by atoms with Crippen molar-refractivity contribution in [3.05, 3.63) is 77.5 Å². The zero-order valence-electron chi connectivity index (χ0n) is 10.7. The van der Waals surface area contributed by atoms with Gasteiger partial charge in [-0.25, -0.2) is 4.99 Å². The number of hydrogen-bond acceptors (Lipinski definition) is 3. The maximum Gasteiger partial charge on any atom is 0.288 e. The molecule has 0 fully saturated rings. The second-order valence-corrected chi connectivity index (χ2v) is 4.35. The number of carbonyl (C=O) groups excluding carboxylic acids is 1. The van der Waals surface area contributed by atoms with Crippen LogP contribution in [0.2, 0.25) is 0 Å². The normalized spacial score (nSPS) is 16.3. The van der Waals surface area contributed by atoms with Crippen molar-refractivity contribution in [3.63, 3.8) is 0 Å². The van der Waals surface area contributed by atoms with Crippen LogP contribution in [0, 0.1) is 0 Å². The average molecular weight is 263 g/mol. The third-order valence-electron chi connectivity index (χ3n) is 2.91. The number of hydrazine groups is 1.